The summed E-state index contributed by atoms with van der Waals surface area (Å²) in [6.07, 6.45) is 0.249. The molecular formula is C13H15BrFNO3. The predicted octanol–water partition coefficient (Wildman–Crippen LogP) is 2.96. The van der Waals surface area contributed by atoms with Crippen molar-refractivity contribution in [1.29, 1.82) is 0 Å². The van der Waals surface area contributed by atoms with E-state index in [0.29, 0.717) is 10.9 Å². The van der Waals surface area contributed by atoms with Gasteiger partial charge in [0.2, 0.25) is 0 Å². The lowest BCUT2D eigenvalue weighted by Crippen LogP contribution is -2.43. The molecule has 0 atom stereocenters. The van der Waals surface area contributed by atoms with Crippen molar-refractivity contribution in [2.45, 2.75) is 32.2 Å². The third-order valence-corrected chi connectivity index (χ3v) is 3.28. The summed E-state index contributed by atoms with van der Waals surface area (Å²) in [6, 6.07) is 3.83. The van der Waals surface area contributed by atoms with E-state index in [4.69, 9.17) is 5.11 Å². The Bertz CT molecular complexity index is 503. The van der Waals surface area contributed by atoms with Crippen LogP contribution in [0, 0.1) is 5.82 Å². The molecule has 1 rings (SSSR count). The van der Waals surface area contributed by atoms with Crippen LogP contribution in [0.1, 0.15) is 37.0 Å². The van der Waals surface area contributed by atoms with Gasteiger partial charge >= 0.3 is 5.97 Å². The van der Waals surface area contributed by atoms with Crippen LogP contribution < -0.4 is 5.32 Å². The number of carboxylic acid groups (broad SMARTS) is 1. The predicted molar refractivity (Wildman–Crippen MR) is 72.5 cm³/mol. The summed E-state index contributed by atoms with van der Waals surface area (Å²) in [6.45, 7) is 3.45. The van der Waals surface area contributed by atoms with E-state index in [2.05, 4.69) is 21.2 Å². The number of halogens is 2. The lowest BCUT2D eigenvalue weighted by Gasteiger charge is -2.25. The van der Waals surface area contributed by atoms with E-state index in [0.717, 1.165) is 6.07 Å². The Labute approximate surface area is 119 Å². The van der Waals surface area contributed by atoms with Crippen LogP contribution in [-0.4, -0.2) is 22.5 Å². The second-order valence-corrected chi connectivity index (χ2v) is 5.71. The number of hydrogen-bond acceptors (Lipinski definition) is 2. The third-order valence-electron chi connectivity index (χ3n) is 2.59. The standard InChI is InChI=1S/C13H15BrFNO3/c1-13(2,6-5-11(17)18)16-12(19)9-7-8(15)3-4-10(9)14/h3-4,7H,5-6H2,1-2H3,(H,16,19)(H,17,18). The van der Waals surface area contributed by atoms with Crippen molar-refractivity contribution in [1.82, 2.24) is 5.32 Å². The Morgan fingerprint density at radius 3 is 2.63 bits per heavy atom. The Morgan fingerprint density at radius 2 is 2.05 bits per heavy atom. The van der Waals surface area contributed by atoms with Gasteiger partial charge in [0.1, 0.15) is 5.82 Å². The lowest BCUT2D eigenvalue weighted by molar-refractivity contribution is -0.137. The minimum atomic E-state index is -0.922. The van der Waals surface area contributed by atoms with Gasteiger partial charge in [0.15, 0.2) is 0 Å². The Morgan fingerprint density at radius 1 is 1.42 bits per heavy atom. The van der Waals surface area contributed by atoms with E-state index >= 15 is 0 Å². The summed E-state index contributed by atoms with van der Waals surface area (Å²) in [5, 5.41) is 11.3. The van der Waals surface area contributed by atoms with Gasteiger partial charge in [-0.25, -0.2) is 4.39 Å². The van der Waals surface area contributed by atoms with Gasteiger partial charge in [-0.2, -0.15) is 0 Å². The zero-order chi connectivity index (χ0) is 14.6. The van der Waals surface area contributed by atoms with Gasteiger partial charge in [-0.1, -0.05) is 0 Å². The molecule has 1 aromatic carbocycles. The average molecular weight is 332 g/mol. The Kier molecular flexibility index (Phi) is 5.05. The number of carboxylic acids is 1. The minimum absolute atomic E-state index is 0.0440. The van der Waals surface area contributed by atoms with Gasteiger partial charge in [0, 0.05) is 16.4 Å². The molecule has 0 bridgehead atoms. The summed E-state index contributed by atoms with van der Waals surface area (Å²) in [7, 11) is 0. The van der Waals surface area contributed by atoms with E-state index in [1.54, 1.807) is 13.8 Å². The maximum atomic E-state index is 13.1. The quantitative estimate of drug-likeness (QED) is 0.871. The highest BCUT2D eigenvalue weighted by atomic mass is 79.9. The van der Waals surface area contributed by atoms with Crippen molar-refractivity contribution in [3.63, 3.8) is 0 Å². The second kappa shape index (κ2) is 6.14. The van der Waals surface area contributed by atoms with E-state index in [9.17, 15) is 14.0 Å². The summed E-state index contributed by atoms with van der Waals surface area (Å²) >= 11 is 3.18. The number of carbonyl (C=O) groups excluding carboxylic acids is 1. The van der Waals surface area contributed by atoms with Crippen molar-refractivity contribution in [3.8, 4) is 0 Å². The maximum absolute atomic E-state index is 13.1. The smallest absolute Gasteiger partial charge is 0.303 e. The molecule has 0 fully saturated rings. The highest BCUT2D eigenvalue weighted by molar-refractivity contribution is 9.10. The van der Waals surface area contributed by atoms with Crippen molar-refractivity contribution in [2.75, 3.05) is 0 Å². The van der Waals surface area contributed by atoms with Crippen LogP contribution in [0.3, 0.4) is 0 Å². The van der Waals surface area contributed by atoms with Gasteiger partial charge in [-0.15, -0.1) is 0 Å². The molecule has 0 saturated carbocycles. The molecule has 1 aromatic rings. The van der Waals surface area contributed by atoms with E-state index in [1.165, 1.54) is 12.1 Å². The summed E-state index contributed by atoms with van der Waals surface area (Å²) in [5.74, 6) is -1.87. The molecule has 1 amide bonds. The molecule has 6 heteroatoms. The molecule has 104 valence electrons. The van der Waals surface area contributed by atoms with Gasteiger partial charge in [-0.05, 0) is 54.4 Å². The first-order valence-corrected chi connectivity index (χ1v) is 6.50. The molecule has 4 nitrogen and oxygen atoms in total. The van der Waals surface area contributed by atoms with Gasteiger partial charge in [0.25, 0.3) is 5.91 Å². The maximum Gasteiger partial charge on any atom is 0.303 e. The van der Waals surface area contributed by atoms with Gasteiger partial charge < -0.3 is 10.4 Å². The number of nitrogens with one attached hydrogen (secondary N) is 1. The lowest BCUT2D eigenvalue weighted by atomic mass is 9.98. The highest BCUT2D eigenvalue weighted by Gasteiger charge is 2.23. The van der Waals surface area contributed by atoms with Gasteiger partial charge in [-0.3, -0.25) is 9.59 Å². The SMILES string of the molecule is CC(C)(CCC(=O)O)NC(=O)c1cc(F)ccc1Br. The summed E-state index contributed by atoms with van der Waals surface area (Å²) in [4.78, 5) is 22.6. The zero-order valence-electron chi connectivity index (χ0n) is 10.7. The van der Waals surface area contributed by atoms with E-state index in [1.807, 2.05) is 0 Å². The monoisotopic (exact) mass is 331 g/mol. The fourth-order valence-corrected chi connectivity index (χ4v) is 1.95. The van der Waals surface area contributed by atoms with Gasteiger partial charge in [0.05, 0.1) is 5.56 Å². The first-order chi connectivity index (χ1) is 8.71. The summed E-state index contributed by atoms with van der Waals surface area (Å²) in [5.41, 5.74) is -0.496. The first-order valence-electron chi connectivity index (χ1n) is 5.70. The molecule has 0 saturated heterocycles. The highest BCUT2D eigenvalue weighted by Crippen LogP contribution is 2.19. The number of hydrogen-bond donors (Lipinski definition) is 2. The molecule has 0 aliphatic heterocycles. The van der Waals surface area contributed by atoms with Crippen LogP contribution in [0.4, 0.5) is 4.39 Å². The van der Waals surface area contributed by atoms with Crippen LogP contribution >= 0.6 is 15.9 Å². The zero-order valence-corrected chi connectivity index (χ0v) is 12.3. The van der Waals surface area contributed by atoms with Crippen LogP contribution in [-0.2, 0) is 4.79 Å². The first kappa shape index (κ1) is 15.6. The fraction of sp³-hybridized carbons (Fsp3) is 0.385. The van der Waals surface area contributed by atoms with Crippen molar-refractivity contribution in [3.05, 3.63) is 34.1 Å². The van der Waals surface area contributed by atoms with E-state index in [-0.39, 0.29) is 12.0 Å². The fourth-order valence-electron chi connectivity index (χ4n) is 1.53. The molecule has 2 N–H and O–H groups in total. The molecule has 0 heterocycles. The molecule has 0 unspecified atom stereocenters. The molecule has 0 aromatic heterocycles. The third kappa shape index (κ3) is 4.98. The number of amides is 1. The van der Waals surface area contributed by atoms with Crippen molar-refractivity contribution >= 4 is 27.8 Å². The van der Waals surface area contributed by atoms with E-state index < -0.39 is 23.2 Å². The van der Waals surface area contributed by atoms with Crippen molar-refractivity contribution in [2.24, 2.45) is 0 Å². The van der Waals surface area contributed by atoms with Crippen LogP contribution in [0.5, 0.6) is 0 Å². The minimum Gasteiger partial charge on any atom is -0.481 e. The average Bonchev–Trinajstić information content (AvgIpc) is 2.29. The van der Waals surface area contributed by atoms with Crippen LogP contribution in [0.25, 0.3) is 0 Å². The molecule has 0 aliphatic rings. The number of carbonyl (C=O) groups is 2. The largest absolute Gasteiger partial charge is 0.481 e. The topological polar surface area (TPSA) is 66.4 Å². The van der Waals surface area contributed by atoms with Crippen LogP contribution in [0.15, 0.2) is 22.7 Å². The Balaban J connectivity index is 2.78. The second-order valence-electron chi connectivity index (χ2n) is 4.86. The van der Waals surface area contributed by atoms with Crippen molar-refractivity contribution < 1.29 is 19.1 Å². The number of aliphatic carboxylic acids is 1. The molecule has 19 heavy (non-hydrogen) atoms. The molecule has 0 aliphatic carbocycles. The van der Waals surface area contributed by atoms with Crippen LogP contribution in [0.2, 0.25) is 0 Å². The molecule has 0 radical (unpaired) electrons. The molecular weight excluding hydrogens is 317 g/mol. The number of benzene rings is 1. The summed E-state index contributed by atoms with van der Waals surface area (Å²) < 4.78 is 13.6. The molecule has 0 spiro atoms. The normalized spacial score (nSPS) is 11.2. The number of rotatable bonds is 5. The Hall–Kier alpha value is -1.43.